The van der Waals surface area contributed by atoms with Crippen molar-refractivity contribution < 1.29 is 80.2 Å². The number of phosphoric ester groups is 2. The van der Waals surface area contributed by atoms with Gasteiger partial charge in [0, 0.05) is 25.7 Å². The first-order valence-electron chi connectivity index (χ1n) is 39.7. The van der Waals surface area contributed by atoms with Crippen molar-refractivity contribution in [2.75, 3.05) is 39.6 Å². The third-order valence-electron chi connectivity index (χ3n) is 17.8. The molecule has 0 amide bonds. The number of unbranched alkanes of at least 4 members (excludes halogenated alkanes) is 40. The maximum atomic E-state index is 13.1. The quantitative estimate of drug-likeness (QED) is 0.0222. The van der Waals surface area contributed by atoms with Crippen LogP contribution in [0, 0.1) is 23.7 Å². The highest BCUT2D eigenvalue weighted by molar-refractivity contribution is 7.47. The molecular weight excluding hydrogens is 1260 g/mol. The average molecular weight is 1410 g/mol. The zero-order valence-electron chi connectivity index (χ0n) is 63.0. The van der Waals surface area contributed by atoms with Crippen molar-refractivity contribution in [1.29, 1.82) is 0 Å². The van der Waals surface area contributed by atoms with Gasteiger partial charge in [-0.15, -0.1) is 0 Å². The molecule has 5 atom stereocenters. The van der Waals surface area contributed by atoms with E-state index in [1.54, 1.807) is 0 Å². The van der Waals surface area contributed by atoms with Gasteiger partial charge >= 0.3 is 39.5 Å². The van der Waals surface area contributed by atoms with Gasteiger partial charge in [0.15, 0.2) is 12.2 Å². The van der Waals surface area contributed by atoms with Gasteiger partial charge in [-0.2, -0.15) is 0 Å². The number of aliphatic hydroxyl groups excluding tert-OH is 1. The van der Waals surface area contributed by atoms with E-state index in [0.29, 0.717) is 31.6 Å². The fourth-order valence-corrected chi connectivity index (χ4v) is 13.3. The Morgan fingerprint density at radius 1 is 0.260 bits per heavy atom. The maximum absolute atomic E-state index is 13.1. The minimum atomic E-state index is -4.96. The van der Waals surface area contributed by atoms with Gasteiger partial charge in [0.1, 0.15) is 19.3 Å². The molecule has 0 saturated heterocycles. The Hall–Kier alpha value is -1.94. The Bertz CT molecular complexity index is 1880. The summed E-state index contributed by atoms with van der Waals surface area (Å²) in [6, 6.07) is 0. The normalized spacial score (nSPS) is 14.1. The van der Waals surface area contributed by atoms with Crippen LogP contribution in [0.3, 0.4) is 0 Å². The molecule has 0 aromatic rings. The van der Waals surface area contributed by atoms with Crippen LogP contribution in [-0.2, 0) is 65.4 Å². The van der Waals surface area contributed by atoms with E-state index in [1.165, 1.54) is 186 Å². The molecule has 0 heterocycles. The predicted octanol–water partition coefficient (Wildman–Crippen LogP) is 22.4. The molecule has 0 spiro atoms. The Morgan fingerprint density at radius 3 is 0.646 bits per heavy atom. The molecule has 3 N–H and O–H groups in total. The summed E-state index contributed by atoms with van der Waals surface area (Å²) in [6.07, 6.45) is 51.4. The molecule has 0 aliphatic heterocycles. The summed E-state index contributed by atoms with van der Waals surface area (Å²) in [4.78, 5) is 72.9. The first-order valence-corrected chi connectivity index (χ1v) is 42.7. The van der Waals surface area contributed by atoms with Crippen molar-refractivity contribution in [3.05, 3.63) is 0 Å². The zero-order chi connectivity index (χ0) is 71.0. The minimum absolute atomic E-state index is 0.105. The number of rotatable bonds is 74. The SMILES string of the molecule is CC(C)CCCCCCCCCCCCCCCCC(=O)O[C@H](COC(=O)CCCCCCCCCCCCCCC(C)C)COP(=O)(O)OCC(O)COP(=O)(O)OC[C@@H](COC(=O)CCCCCCCCCC(C)C)OC(=O)CCCCCCCCCCCCCC(C)C. The average Bonchev–Trinajstić information content (AvgIpc) is 1.18. The van der Waals surface area contributed by atoms with E-state index in [0.717, 1.165) is 114 Å². The molecule has 19 heteroatoms. The van der Waals surface area contributed by atoms with Crippen molar-refractivity contribution in [1.82, 2.24) is 0 Å². The fourth-order valence-electron chi connectivity index (χ4n) is 11.7. The van der Waals surface area contributed by atoms with Crippen LogP contribution in [0.2, 0.25) is 0 Å². The van der Waals surface area contributed by atoms with Crippen molar-refractivity contribution >= 4 is 39.5 Å². The van der Waals surface area contributed by atoms with E-state index in [2.05, 4.69) is 55.4 Å². The number of hydrogen-bond donors (Lipinski definition) is 3. The van der Waals surface area contributed by atoms with Gasteiger partial charge in [-0.25, -0.2) is 9.13 Å². The molecule has 0 aliphatic rings. The lowest BCUT2D eigenvalue weighted by Gasteiger charge is -2.21. The minimum Gasteiger partial charge on any atom is -0.462 e. The van der Waals surface area contributed by atoms with E-state index in [1.807, 2.05) is 0 Å². The Kier molecular flexibility index (Phi) is 65.0. The van der Waals surface area contributed by atoms with E-state index in [-0.39, 0.29) is 25.7 Å². The van der Waals surface area contributed by atoms with E-state index >= 15 is 0 Å². The third kappa shape index (κ3) is 70.5. The van der Waals surface area contributed by atoms with E-state index in [4.69, 9.17) is 37.0 Å². The number of esters is 4. The van der Waals surface area contributed by atoms with Crippen LogP contribution < -0.4 is 0 Å². The predicted molar refractivity (Wildman–Crippen MR) is 391 cm³/mol. The Balaban J connectivity index is 5.26. The summed E-state index contributed by atoms with van der Waals surface area (Å²) in [6.45, 7) is 14.2. The molecule has 96 heavy (non-hydrogen) atoms. The lowest BCUT2D eigenvalue weighted by molar-refractivity contribution is -0.161. The maximum Gasteiger partial charge on any atom is 0.472 e. The smallest absolute Gasteiger partial charge is 0.462 e. The first-order chi connectivity index (χ1) is 46.1. The van der Waals surface area contributed by atoms with Crippen LogP contribution in [0.25, 0.3) is 0 Å². The van der Waals surface area contributed by atoms with Crippen LogP contribution in [0.1, 0.15) is 389 Å². The van der Waals surface area contributed by atoms with Gasteiger partial charge in [-0.3, -0.25) is 37.3 Å². The molecule has 0 fully saturated rings. The first kappa shape index (κ1) is 94.1. The molecule has 0 saturated carbocycles. The second-order valence-electron chi connectivity index (χ2n) is 29.7. The Morgan fingerprint density at radius 2 is 0.438 bits per heavy atom. The summed E-state index contributed by atoms with van der Waals surface area (Å²) >= 11 is 0. The van der Waals surface area contributed by atoms with Crippen LogP contribution in [0.15, 0.2) is 0 Å². The molecular formula is C77H150O17P2. The van der Waals surface area contributed by atoms with E-state index in [9.17, 15) is 43.2 Å². The molecule has 570 valence electrons. The lowest BCUT2D eigenvalue weighted by Crippen LogP contribution is -2.30. The zero-order valence-corrected chi connectivity index (χ0v) is 64.8. The molecule has 17 nitrogen and oxygen atoms in total. The third-order valence-corrected chi connectivity index (χ3v) is 19.7. The van der Waals surface area contributed by atoms with Crippen molar-refractivity contribution in [2.24, 2.45) is 23.7 Å². The van der Waals surface area contributed by atoms with Gasteiger partial charge in [0.25, 0.3) is 0 Å². The fraction of sp³-hybridized carbons (Fsp3) is 0.948. The summed E-state index contributed by atoms with van der Waals surface area (Å²) < 4.78 is 68.6. The summed E-state index contributed by atoms with van der Waals surface area (Å²) in [5.41, 5.74) is 0. The van der Waals surface area contributed by atoms with Crippen molar-refractivity contribution in [3.63, 3.8) is 0 Å². The lowest BCUT2D eigenvalue weighted by atomic mass is 10.0. The number of aliphatic hydroxyl groups is 1. The molecule has 0 aromatic heterocycles. The highest BCUT2D eigenvalue weighted by Gasteiger charge is 2.30. The van der Waals surface area contributed by atoms with Crippen LogP contribution >= 0.6 is 15.6 Å². The number of hydrogen-bond acceptors (Lipinski definition) is 15. The van der Waals surface area contributed by atoms with Crippen LogP contribution in [-0.4, -0.2) is 96.7 Å². The van der Waals surface area contributed by atoms with Crippen LogP contribution in [0.5, 0.6) is 0 Å². The summed E-state index contributed by atoms with van der Waals surface area (Å²) in [5, 5.41) is 10.6. The second kappa shape index (κ2) is 66.3. The van der Waals surface area contributed by atoms with Gasteiger partial charge in [0.2, 0.25) is 0 Å². The number of phosphoric acid groups is 2. The topological polar surface area (TPSA) is 237 Å². The molecule has 0 rings (SSSR count). The highest BCUT2D eigenvalue weighted by Crippen LogP contribution is 2.45. The van der Waals surface area contributed by atoms with Crippen molar-refractivity contribution in [2.45, 2.75) is 408 Å². The van der Waals surface area contributed by atoms with Gasteiger partial charge in [-0.1, -0.05) is 338 Å². The van der Waals surface area contributed by atoms with Crippen LogP contribution in [0.4, 0.5) is 0 Å². The summed E-state index contributed by atoms with van der Waals surface area (Å²) in [5.74, 6) is 0.928. The molecule has 0 aromatic carbocycles. The monoisotopic (exact) mass is 1410 g/mol. The largest absolute Gasteiger partial charge is 0.472 e. The number of ether oxygens (including phenoxy) is 4. The summed E-state index contributed by atoms with van der Waals surface area (Å²) in [7, 11) is -9.92. The van der Waals surface area contributed by atoms with Crippen molar-refractivity contribution in [3.8, 4) is 0 Å². The van der Waals surface area contributed by atoms with Gasteiger partial charge in [-0.05, 0) is 49.4 Å². The number of carbonyl (C=O) groups excluding carboxylic acids is 4. The molecule has 0 aliphatic carbocycles. The molecule has 0 radical (unpaired) electrons. The second-order valence-corrected chi connectivity index (χ2v) is 32.6. The number of carbonyl (C=O) groups is 4. The molecule has 0 bridgehead atoms. The van der Waals surface area contributed by atoms with Gasteiger partial charge < -0.3 is 33.8 Å². The van der Waals surface area contributed by atoms with Gasteiger partial charge in [0.05, 0.1) is 26.4 Å². The highest BCUT2D eigenvalue weighted by atomic mass is 31.2. The van der Waals surface area contributed by atoms with E-state index < -0.39 is 97.5 Å². The molecule has 3 unspecified atom stereocenters. The standard InChI is InChI=1S/C77H150O17P2/c1-67(2)53-45-37-29-22-16-11-9-10-12-20-26-34-43-51-59-76(81)93-72(63-87-74(79)57-49-41-33-25-19-14-13-17-23-30-38-46-54-68(3)4)65-91-95(83,84)89-61-71(78)62-90-96(85,86)92-66-73(64-88-75(80)58-50-42-36-28-32-40-48-56-70(7)8)94-77(82)60-52-44-35-27-21-15-18-24-31-39-47-55-69(5)6/h67-73,78H,9-66H2,1-8H3,(H,83,84)(H,85,86)/t71?,72-,73-/m1/s1. The Labute approximate surface area is 588 Å².